The van der Waals surface area contributed by atoms with Crippen molar-refractivity contribution in [2.45, 2.75) is 12.3 Å². The van der Waals surface area contributed by atoms with E-state index >= 15 is 0 Å². The minimum atomic E-state index is -0.510. The van der Waals surface area contributed by atoms with Crippen LogP contribution in [0.25, 0.3) is 5.69 Å². The average molecular weight is 283 g/mol. The van der Waals surface area contributed by atoms with Crippen molar-refractivity contribution >= 4 is 17.3 Å². The summed E-state index contributed by atoms with van der Waals surface area (Å²) in [5.74, 6) is 0.194. The highest BCUT2D eigenvalue weighted by molar-refractivity contribution is 6.20. The fourth-order valence-electron chi connectivity index (χ4n) is 1.55. The van der Waals surface area contributed by atoms with E-state index in [-0.39, 0.29) is 16.8 Å². The number of nitro groups is 1. The molecule has 1 aromatic heterocycles. The number of alkyl halides is 1. The van der Waals surface area contributed by atoms with Crippen molar-refractivity contribution in [3.05, 3.63) is 40.2 Å². The number of methoxy groups -OCH3 is 1. The van der Waals surface area contributed by atoms with Gasteiger partial charge in [0.2, 0.25) is 0 Å². The van der Waals surface area contributed by atoms with Crippen LogP contribution in [0.2, 0.25) is 0 Å². The highest BCUT2D eigenvalue weighted by Crippen LogP contribution is 2.29. The van der Waals surface area contributed by atoms with E-state index in [2.05, 4.69) is 10.3 Å². The van der Waals surface area contributed by atoms with Crippen LogP contribution in [0.1, 0.15) is 18.0 Å². The van der Waals surface area contributed by atoms with E-state index in [1.807, 2.05) is 0 Å². The molecule has 0 saturated carbocycles. The van der Waals surface area contributed by atoms with Crippen LogP contribution in [0.5, 0.6) is 5.75 Å². The Bertz CT molecular complexity index is 612. The Hall–Kier alpha value is -2.15. The van der Waals surface area contributed by atoms with Crippen LogP contribution in [0, 0.1) is 10.1 Å². The van der Waals surface area contributed by atoms with Crippen molar-refractivity contribution in [2.24, 2.45) is 0 Å². The molecule has 0 fully saturated rings. The Morgan fingerprint density at radius 1 is 1.53 bits per heavy atom. The second-order valence-corrected chi connectivity index (χ2v) is 4.47. The van der Waals surface area contributed by atoms with Crippen molar-refractivity contribution in [3.63, 3.8) is 0 Å². The first kappa shape index (κ1) is 13.3. The molecule has 0 aliphatic rings. The van der Waals surface area contributed by atoms with Crippen LogP contribution in [0.15, 0.2) is 24.4 Å². The van der Waals surface area contributed by atoms with Crippen molar-refractivity contribution in [2.75, 3.05) is 7.11 Å². The minimum Gasteiger partial charge on any atom is -0.490 e. The Balaban J connectivity index is 2.44. The standard InChI is InChI=1S/C11H11ClN4O3/c1-7(12)9-6-15(14-13-9)8-3-4-11(19-2)10(5-8)16(17)18/h3-7H,1-2H3. The molecular weight excluding hydrogens is 272 g/mol. The Morgan fingerprint density at radius 3 is 2.79 bits per heavy atom. The molecule has 1 unspecified atom stereocenters. The second kappa shape index (κ2) is 5.23. The summed E-state index contributed by atoms with van der Waals surface area (Å²) < 4.78 is 6.36. The van der Waals surface area contributed by atoms with E-state index < -0.39 is 4.92 Å². The highest BCUT2D eigenvalue weighted by Gasteiger charge is 2.17. The first-order chi connectivity index (χ1) is 9.02. The number of halogens is 1. The van der Waals surface area contributed by atoms with E-state index in [4.69, 9.17) is 16.3 Å². The molecule has 7 nitrogen and oxygen atoms in total. The molecule has 0 radical (unpaired) electrons. The van der Waals surface area contributed by atoms with Gasteiger partial charge >= 0.3 is 5.69 Å². The van der Waals surface area contributed by atoms with Crippen LogP contribution in [-0.4, -0.2) is 27.0 Å². The third-order valence-corrected chi connectivity index (χ3v) is 2.77. The Kier molecular flexibility index (Phi) is 3.66. The summed E-state index contributed by atoms with van der Waals surface area (Å²) in [6.45, 7) is 1.77. The monoisotopic (exact) mass is 282 g/mol. The lowest BCUT2D eigenvalue weighted by Crippen LogP contribution is -1.99. The van der Waals surface area contributed by atoms with Gasteiger partial charge in [0.05, 0.1) is 29.3 Å². The van der Waals surface area contributed by atoms with Gasteiger partial charge < -0.3 is 4.74 Å². The molecule has 0 N–H and O–H groups in total. The van der Waals surface area contributed by atoms with E-state index in [1.165, 1.54) is 23.9 Å². The van der Waals surface area contributed by atoms with E-state index in [1.54, 1.807) is 19.2 Å². The van der Waals surface area contributed by atoms with Gasteiger partial charge in [-0.15, -0.1) is 16.7 Å². The minimum absolute atomic E-state index is 0.129. The lowest BCUT2D eigenvalue weighted by atomic mass is 10.2. The molecule has 0 bridgehead atoms. The SMILES string of the molecule is COc1ccc(-n2cc(C(C)Cl)nn2)cc1[N+](=O)[O-]. The van der Waals surface area contributed by atoms with Crippen LogP contribution in [0.3, 0.4) is 0 Å². The van der Waals surface area contributed by atoms with Crippen LogP contribution in [0.4, 0.5) is 5.69 Å². The summed E-state index contributed by atoms with van der Waals surface area (Å²) in [7, 11) is 1.38. The first-order valence-corrected chi connectivity index (χ1v) is 5.85. The third-order valence-electron chi connectivity index (χ3n) is 2.54. The van der Waals surface area contributed by atoms with Crippen molar-refractivity contribution in [1.29, 1.82) is 0 Å². The molecule has 0 spiro atoms. The quantitative estimate of drug-likeness (QED) is 0.489. The summed E-state index contributed by atoms with van der Waals surface area (Å²) >= 11 is 5.89. The molecule has 0 saturated heterocycles. The fraction of sp³-hybridized carbons (Fsp3) is 0.273. The van der Waals surface area contributed by atoms with Gasteiger partial charge in [-0.1, -0.05) is 5.21 Å². The van der Waals surface area contributed by atoms with Gasteiger partial charge in [-0.05, 0) is 19.1 Å². The molecule has 2 rings (SSSR count). The van der Waals surface area contributed by atoms with Gasteiger partial charge in [0.15, 0.2) is 5.75 Å². The van der Waals surface area contributed by atoms with Gasteiger partial charge in [-0.25, -0.2) is 4.68 Å². The van der Waals surface area contributed by atoms with Gasteiger partial charge in [0, 0.05) is 6.07 Å². The number of hydrogen-bond donors (Lipinski definition) is 0. The van der Waals surface area contributed by atoms with Crippen molar-refractivity contribution in [1.82, 2.24) is 15.0 Å². The lowest BCUT2D eigenvalue weighted by molar-refractivity contribution is -0.385. The number of aromatic nitrogens is 3. The Morgan fingerprint density at radius 2 is 2.26 bits per heavy atom. The maximum Gasteiger partial charge on any atom is 0.313 e. The molecule has 19 heavy (non-hydrogen) atoms. The predicted octanol–water partition coefficient (Wildman–Crippen LogP) is 2.48. The number of ether oxygens (including phenoxy) is 1. The average Bonchev–Trinajstić information content (AvgIpc) is 2.87. The number of nitro benzene ring substituents is 1. The Labute approximate surface area is 113 Å². The predicted molar refractivity (Wildman–Crippen MR) is 68.8 cm³/mol. The molecule has 0 amide bonds. The lowest BCUT2D eigenvalue weighted by Gasteiger charge is -2.04. The summed E-state index contributed by atoms with van der Waals surface area (Å²) in [6.07, 6.45) is 1.63. The molecule has 2 aromatic rings. The molecule has 1 aromatic carbocycles. The van der Waals surface area contributed by atoms with Crippen LogP contribution in [-0.2, 0) is 0 Å². The molecule has 1 heterocycles. The number of rotatable bonds is 4. The van der Waals surface area contributed by atoms with Gasteiger partial charge in [0.1, 0.15) is 5.69 Å². The summed E-state index contributed by atoms with van der Waals surface area (Å²) in [5, 5.41) is 18.4. The van der Waals surface area contributed by atoms with Crippen LogP contribution < -0.4 is 4.74 Å². The zero-order chi connectivity index (χ0) is 14.0. The molecule has 0 aliphatic heterocycles. The zero-order valence-electron chi connectivity index (χ0n) is 10.3. The number of benzene rings is 1. The number of hydrogen-bond acceptors (Lipinski definition) is 5. The van der Waals surface area contributed by atoms with Crippen LogP contribution >= 0.6 is 11.6 Å². The van der Waals surface area contributed by atoms with E-state index in [0.717, 1.165) is 0 Å². The van der Waals surface area contributed by atoms with Gasteiger partial charge in [-0.2, -0.15) is 0 Å². The number of nitrogens with zero attached hydrogens (tertiary/aromatic N) is 4. The topological polar surface area (TPSA) is 83.1 Å². The third kappa shape index (κ3) is 2.65. The smallest absolute Gasteiger partial charge is 0.313 e. The molecule has 8 heteroatoms. The first-order valence-electron chi connectivity index (χ1n) is 5.42. The zero-order valence-corrected chi connectivity index (χ0v) is 11.0. The molecular formula is C11H11ClN4O3. The maximum absolute atomic E-state index is 10.9. The maximum atomic E-state index is 10.9. The largest absolute Gasteiger partial charge is 0.490 e. The fourth-order valence-corrected chi connectivity index (χ4v) is 1.65. The van der Waals surface area contributed by atoms with E-state index in [9.17, 15) is 10.1 Å². The van der Waals surface area contributed by atoms with Gasteiger partial charge in [-0.3, -0.25) is 10.1 Å². The summed E-state index contributed by atoms with van der Waals surface area (Å²) in [4.78, 5) is 10.4. The van der Waals surface area contributed by atoms with E-state index in [0.29, 0.717) is 11.4 Å². The normalized spacial score (nSPS) is 12.2. The second-order valence-electron chi connectivity index (χ2n) is 3.82. The van der Waals surface area contributed by atoms with Crippen molar-refractivity contribution in [3.8, 4) is 11.4 Å². The van der Waals surface area contributed by atoms with Gasteiger partial charge in [0.25, 0.3) is 0 Å². The highest BCUT2D eigenvalue weighted by atomic mass is 35.5. The summed E-state index contributed by atoms with van der Waals surface area (Å²) in [6, 6.07) is 4.54. The molecule has 0 aliphatic carbocycles. The molecule has 1 atom stereocenters. The molecule has 100 valence electrons. The summed E-state index contributed by atoms with van der Waals surface area (Å²) in [5.41, 5.74) is 0.986. The van der Waals surface area contributed by atoms with Crippen molar-refractivity contribution < 1.29 is 9.66 Å².